The molecule has 0 saturated carbocycles. The van der Waals surface area contributed by atoms with E-state index in [2.05, 4.69) is 4.98 Å². The van der Waals surface area contributed by atoms with Gasteiger partial charge in [0.05, 0.1) is 15.6 Å². The van der Waals surface area contributed by atoms with Gasteiger partial charge in [0.15, 0.2) is 0 Å². The number of nitrogens with one attached hydrogen (secondary N) is 1. The van der Waals surface area contributed by atoms with Gasteiger partial charge in [0, 0.05) is 16.6 Å². The fourth-order valence-electron chi connectivity index (χ4n) is 2.58. The maximum atomic E-state index is 7.78. The summed E-state index contributed by atoms with van der Waals surface area (Å²) < 4.78 is 0. The summed E-state index contributed by atoms with van der Waals surface area (Å²) in [5, 5.41) is 9.51. The van der Waals surface area contributed by atoms with Gasteiger partial charge in [-0.15, -0.1) is 0 Å². The molecular formula is C13H11Cl2N3. The summed E-state index contributed by atoms with van der Waals surface area (Å²) in [5.41, 5.74) is 9.23. The van der Waals surface area contributed by atoms with E-state index in [4.69, 9.17) is 34.3 Å². The van der Waals surface area contributed by atoms with Gasteiger partial charge < -0.3 is 5.73 Å². The number of benzene rings is 1. The van der Waals surface area contributed by atoms with Crippen LogP contribution in [0.25, 0.3) is 10.9 Å². The minimum absolute atomic E-state index is 0.0685. The second-order valence-electron chi connectivity index (χ2n) is 4.44. The van der Waals surface area contributed by atoms with Crippen LogP contribution in [0.5, 0.6) is 0 Å². The zero-order valence-corrected chi connectivity index (χ0v) is 11.1. The number of hydrogen-bond acceptors (Lipinski definition) is 2. The molecule has 0 amide bonds. The van der Waals surface area contributed by atoms with Crippen molar-refractivity contribution in [2.45, 2.75) is 19.3 Å². The molecule has 0 bridgehead atoms. The van der Waals surface area contributed by atoms with Crippen molar-refractivity contribution in [3.63, 3.8) is 0 Å². The van der Waals surface area contributed by atoms with Gasteiger partial charge in [-0.05, 0) is 30.9 Å². The number of nitrogen functional groups attached to an aromatic ring is 1. The number of nitrogens with zero attached hydrogens (tertiary/aromatic N) is 1. The highest BCUT2D eigenvalue weighted by Gasteiger charge is 2.22. The second kappa shape index (κ2) is 4.11. The van der Waals surface area contributed by atoms with Gasteiger partial charge in [0.2, 0.25) is 0 Å². The Bertz CT molecular complexity index is 680. The zero-order valence-electron chi connectivity index (χ0n) is 9.56. The smallest absolute Gasteiger partial charge is 0.123 e. The van der Waals surface area contributed by atoms with Crippen molar-refractivity contribution in [1.29, 1.82) is 5.41 Å². The van der Waals surface area contributed by atoms with Gasteiger partial charge in [-0.25, -0.2) is 0 Å². The van der Waals surface area contributed by atoms with Crippen molar-refractivity contribution in [1.82, 2.24) is 4.98 Å². The first-order valence-corrected chi connectivity index (χ1v) is 6.49. The van der Waals surface area contributed by atoms with Crippen LogP contribution < -0.4 is 5.73 Å². The number of aryl methyl sites for hydroxylation is 1. The highest BCUT2D eigenvalue weighted by molar-refractivity contribution is 6.45. The van der Waals surface area contributed by atoms with Crippen molar-refractivity contribution in [3.05, 3.63) is 39.0 Å². The summed E-state index contributed by atoms with van der Waals surface area (Å²) in [6.07, 6.45) is 2.88. The van der Waals surface area contributed by atoms with Crippen LogP contribution in [-0.4, -0.2) is 10.8 Å². The molecular weight excluding hydrogens is 269 g/mol. The van der Waals surface area contributed by atoms with E-state index in [9.17, 15) is 0 Å². The minimum Gasteiger partial charge on any atom is -0.384 e. The average molecular weight is 280 g/mol. The zero-order chi connectivity index (χ0) is 12.9. The number of amidine groups is 1. The number of rotatable bonds is 1. The first-order chi connectivity index (χ1) is 8.59. The van der Waals surface area contributed by atoms with Gasteiger partial charge in [0.1, 0.15) is 5.84 Å². The number of pyridine rings is 1. The third kappa shape index (κ3) is 1.58. The summed E-state index contributed by atoms with van der Waals surface area (Å²) in [7, 11) is 0. The number of aromatic nitrogens is 1. The molecule has 0 saturated heterocycles. The van der Waals surface area contributed by atoms with Crippen molar-refractivity contribution >= 4 is 39.9 Å². The minimum atomic E-state index is 0.0685. The topological polar surface area (TPSA) is 62.8 Å². The monoisotopic (exact) mass is 279 g/mol. The van der Waals surface area contributed by atoms with Crippen LogP contribution in [0, 0.1) is 5.41 Å². The predicted octanol–water partition coefficient (Wildman–Crippen LogP) is 3.31. The van der Waals surface area contributed by atoms with Crippen molar-refractivity contribution in [2.75, 3.05) is 0 Å². The lowest BCUT2D eigenvalue weighted by Crippen LogP contribution is -2.15. The quantitative estimate of drug-likeness (QED) is 0.621. The Morgan fingerprint density at radius 2 is 2.06 bits per heavy atom. The summed E-state index contributed by atoms with van der Waals surface area (Å²) in [6.45, 7) is 0. The molecule has 1 aromatic carbocycles. The summed E-state index contributed by atoms with van der Waals surface area (Å²) in [6, 6.07) is 3.56. The van der Waals surface area contributed by atoms with Crippen molar-refractivity contribution in [2.24, 2.45) is 5.73 Å². The van der Waals surface area contributed by atoms with Crippen LogP contribution >= 0.6 is 23.2 Å². The van der Waals surface area contributed by atoms with Crippen molar-refractivity contribution < 1.29 is 0 Å². The van der Waals surface area contributed by atoms with E-state index in [1.807, 2.05) is 6.07 Å². The summed E-state index contributed by atoms with van der Waals surface area (Å²) in [5.74, 6) is 0.0685. The molecule has 3 nitrogen and oxygen atoms in total. The van der Waals surface area contributed by atoms with Gasteiger partial charge in [0.25, 0.3) is 0 Å². The van der Waals surface area contributed by atoms with E-state index >= 15 is 0 Å². The fourth-order valence-corrected chi connectivity index (χ4v) is 2.94. The maximum absolute atomic E-state index is 7.78. The van der Waals surface area contributed by atoms with E-state index in [1.165, 1.54) is 0 Å². The lowest BCUT2D eigenvalue weighted by molar-refractivity contribution is 0.901. The number of fused-ring (bicyclic) bond motifs is 2. The normalized spacial score (nSPS) is 13.9. The molecule has 2 aromatic rings. The lowest BCUT2D eigenvalue weighted by Gasteiger charge is -2.12. The van der Waals surface area contributed by atoms with Crippen LogP contribution in [0.1, 0.15) is 23.2 Å². The Balaban J connectivity index is 2.49. The number of nitrogens with two attached hydrogens (primary N) is 1. The van der Waals surface area contributed by atoms with E-state index < -0.39 is 0 Å². The standard InChI is InChI=1S/C13H11Cl2N3/c14-8-5-4-7-10(13(16)17)6-2-1-3-9(6)18-12(7)11(8)15/h4-5H,1-3H2,(H3,16,17). The molecule has 18 heavy (non-hydrogen) atoms. The Hall–Kier alpha value is -1.32. The molecule has 3 N–H and O–H groups in total. The Kier molecular flexibility index (Phi) is 2.68. The lowest BCUT2D eigenvalue weighted by atomic mass is 10.0. The number of hydrogen-bond donors (Lipinski definition) is 2. The molecule has 3 rings (SSSR count). The second-order valence-corrected chi connectivity index (χ2v) is 5.22. The van der Waals surface area contributed by atoms with E-state index in [-0.39, 0.29) is 5.84 Å². The third-order valence-electron chi connectivity index (χ3n) is 3.34. The van der Waals surface area contributed by atoms with Crippen molar-refractivity contribution in [3.8, 4) is 0 Å². The van der Waals surface area contributed by atoms with E-state index in [0.29, 0.717) is 15.6 Å². The molecule has 5 heteroatoms. The molecule has 0 unspecified atom stereocenters. The van der Waals surface area contributed by atoms with Gasteiger partial charge >= 0.3 is 0 Å². The molecule has 1 aliphatic carbocycles. The Morgan fingerprint density at radius 3 is 2.78 bits per heavy atom. The average Bonchev–Trinajstić information content (AvgIpc) is 2.79. The fraction of sp³-hybridized carbons (Fsp3) is 0.231. The molecule has 0 fully saturated rings. The number of halogens is 2. The molecule has 92 valence electrons. The van der Waals surface area contributed by atoms with E-state index in [0.717, 1.165) is 41.5 Å². The molecule has 0 atom stereocenters. The van der Waals surface area contributed by atoms with Gasteiger partial charge in [-0.1, -0.05) is 29.3 Å². The van der Waals surface area contributed by atoms with E-state index in [1.54, 1.807) is 6.07 Å². The first-order valence-electron chi connectivity index (χ1n) is 5.73. The van der Waals surface area contributed by atoms with Crippen LogP contribution in [0.3, 0.4) is 0 Å². The molecule has 0 aliphatic heterocycles. The van der Waals surface area contributed by atoms with Crippen LogP contribution in [0.15, 0.2) is 12.1 Å². The third-order valence-corrected chi connectivity index (χ3v) is 4.14. The highest BCUT2D eigenvalue weighted by Crippen LogP contribution is 2.35. The predicted molar refractivity (Wildman–Crippen MR) is 74.8 cm³/mol. The van der Waals surface area contributed by atoms with Gasteiger partial charge in [-0.3, -0.25) is 10.4 Å². The molecule has 0 radical (unpaired) electrons. The highest BCUT2D eigenvalue weighted by atomic mass is 35.5. The Labute approximate surface area is 114 Å². The maximum Gasteiger partial charge on any atom is 0.123 e. The summed E-state index contributed by atoms with van der Waals surface area (Å²) in [4.78, 5) is 4.59. The van der Waals surface area contributed by atoms with Crippen LogP contribution in [0.2, 0.25) is 10.0 Å². The molecule has 1 aromatic heterocycles. The largest absolute Gasteiger partial charge is 0.384 e. The van der Waals surface area contributed by atoms with Crippen LogP contribution in [0.4, 0.5) is 0 Å². The molecule has 1 aliphatic rings. The first kappa shape index (κ1) is 11.8. The molecule has 1 heterocycles. The summed E-state index contributed by atoms with van der Waals surface area (Å²) >= 11 is 12.2. The Morgan fingerprint density at radius 1 is 1.28 bits per heavy atom. The van der Waals surface area contributed by atoms with Crippen LogP contribution in [-0.2, 0) is 12.8 Å². The SMILES string of the molecule is N=C(N)c1c2c(nc3c(Cl)c(Cl)ccc13)CCC2. The molecule has 0 spiro atoms. The van der Waals surface area contributed by atoms with Gasteiger partial charge in [-0.2, -0.15) is 0 Å².